The third kappa shape index (κ3) is 3.12. The number of ether oxygens (including phenoxy) is 1. The first-order valence-corrected chi connectivity index (χ1v) is 5.31. The molecule has 0 amide bonds. The quantitative estimate of drug-likeness (QED) is 0.674. The summed E-state index contributed by atoms with van der Waals surface area (Å²) in [7, 11) is 0. The van der Waals surface area contributed by atoms with Crippen LogP contribution in [0.5, 0.6) is 0 Å². The fourth-order valence-corrected chi connectivity index (χ4v) is 1.76. The summed E-state index contributed by atoms with van der Waals surface area (Å²) in [5, 5.41) is 8.79. The average Bonchev–Trinajstić information content (AvgIpc) is 2.66. The maximum Gasteiger partial charge on any atom is 0.152 e. The zero-order valence-electron chi connectivity index (χ0n) is 8.66. The molecular formula is C11H17NO2. The van der Waals surface area contributed by atoms with Crippen LogP contribution in [-0.4, -0.2) is 18.5 Å². The maximum absolute atomic E-state index is 11.6. The van der Waals surface area contributed by atoms with Gasteiger partial charge in [-0.3, -0.25) is 4.79 Å². The van der Waals surface area contributed by atoms with Gasteiger partial charge in [0, 0.05) is 13.0 Å². The predicted octanol–water partition coefficient (Wildman–Crippen LogP) is 2.06. The number of hydrogen-bond acceptors (Lipinski definition) is 3. The van der Waals surface area contributed by atoms with E-state index in [2.05, 4.69) is 6.07 Å². The van der Waals surface area contributed by atoms with E-state index in [0.29, 0.717) is 12.8 Å². The lowest BCUT2D eigenvalue weighted by molar-refractivity contribution is -0.123. The smallest absolute Gasteiger partial charge is 0.152 e. The van der Waals surface area contributed by atoms with E-state index in [1.807, 2.05) is 6.92 Å². The lowest BCUT2D eigenvalue weighted by Crippen LogP contribution is -2.19. The van der Waals surface area contributed by atoms with Crippen molar-refractivity contribution in [1.82, 2.24) is 0 Å². The van der Waals surface area contributed by atoms with Crippen LogP contribution in [0.2, 0.25) is 0 Å². The number of Topliss-reactive ketones (excluding diaryl/α,β-unsaturated/α-hetero) is 1. The van der Waals surface area contributed by atoms with Crippen molar-refractivity contribution in [2.45, 2.75) is 45.1 Å². The fraction of sp³-hybridized carbons (Fsp3) is 0.818. The van der Waals surface area contributed by atoms with Gasteiger partial charge in [0.1, 0.15) is 5.92 Å². The SMILES string of the molecule is CCCC(C#N)C(=O)CC1CCCO1. The Morgan fingerprint density at radius 2 is 2.50 bits per heavy atom. The Bertz CT molecular complexity index is 226. The third-order valence-corrected chi connectivity index (χ3v) is 2.57. The van der Waals surface area contributed by atoms with Crippen LogP contribution in [0.4, 0.5) is 0 Å². The summed E-state index contributed by atoms with van der Waals surface area (Å²) >= 11 is 0. The molecule has 2 unspecified atom stereocenters. The number of carbonyl (C=O) groups is 1. The summed E-state index contributed by atoms with van der Waals surface area (Å²) in [5.41, 5.74) is 0. The first kappa shape index (κ1) is 11.2. The van der Waals surface area contributed by atoms with E-state index in [-0.39, 0.29) is 11.9 Å². The van der Waals surface area contributed by atoms with E-state index >= 15 is 0 Å². The normalized spacial score (nSPS) is 23.0. The Balaban J connectivity index is 2.35. The number of rotatable bonds is 5. The standard InChI is InChI=1S/C11H17NO2/c1-2-4-9(8-12)11(13)7-10-5-3-6-14-10/h9-10H,2-7H2,1H3. The number of carbonyl (C=O) groups excluding carboxylic acids is 1. The molecule has 0 aromatic rings. The zero-order valence-corrected chi connectivity index (χ0v) is 8.66. The van der Waals surface area contributed by atoms with E-state index < -0.39 is 5.92 Å². The van der Waals surface area contributed by atoms with Gasteiger partial charge in [-0.25, -0.2) is 0 Å². The lowest BCUT2D eigenvalue weighted by Gasteiger charge is -2.10. The minimum Gasteiger partial charge on any atom is -0.378 e. The first-order valence-electron chi connectivity index (χ1n) is 5.31. The topological polar surface area (TPSA) is 50.1 Å². The summed E-state index contributed by atoms with van der Waals surface area (Å²) in [6.07, 6.45) is 4.09. The second-order valence-corrected chi connectivity index (χ2v) is 3.78. The molecule has 1 heterocycles. The van der Waals surface area contributed by atoms with Gasteiger partial charge in [0.05, 0.1) is 12.2 Å². The van der Waals surface area contributed by atoms with Gasteiger partial charge in [-0.05, 0) is 19.3 Å². The van der Waals surface area contributed by atoms with E-state index in [1.54, 1.807) is 0 Å². The van der Waals surface area contributed by atoms with Gasteiger partial charge in [0.15, 0.2) is 5.78 Å². The molecule has 0 aromatic carbocycles. The minimum atomic E-state index is -0.413. The molecule has 2 atom stereocenters. The predicted molar refractivity (Wildman–Crippen MR) is 52.6 cm³/mol. The molecule has 3 heteroatoms. The van der Waals surface area contributed by atoms with Crippen molar-refractivity contribution in [3.05, 3.63) is 0 Å². The summed E-state index contributed by atoms with van der Waals surface area (Å²) < 4.78 is 5.37. The number of hydrogen-bond donors (Lipinski definition) is 0. The molecule has 1 rings (SSSR count). The van der Waals surface area contributed by atoms with Crippen molar-refractivity contribution in [2.75, 3.05) is 6.61 Å². The Labute approximate surface area is 85.1 Å². The van der Waals surface area contributed by atoms with E-state index in [9.17, 15) is 4.79 Å². The molecule has 1 fully saturated rings. The number of nitrogens with zero attached hydrogens (tertiary/aromatic N) is 1. The van der Waals surface area contributed by atoms with Gasteiger partial charge in [-0.1, -0.05) is 13.3 Å². The first-order chi connectivity index (χ1) is 6.77. The van der Waals surface area contributed by atoms with Crippen LogP contribution >= 0.6 is 0 Å². The third-order valence-electron chi connectivity index (χ3n) is 2.57. The summed E-state index contributed by atoms with van der Waals surface area (Å²) in [6.45, 7) is 2.76. The fourth-order valence-electron chi connectivity index (χ4n) is 1.76. The highest BCUT2D eigenvalue weighted by atomic mass is 16.5. The molecule has 0 saturated carbocycles. The average molecular weight is 195 g/mol. The summed E-state index contributed by atoms with van der Waals surface area (Å²) in [6, 6.07) is 2.07. The second kappa shape index (κ2) is 5.77. The van der Waals surface area contributed by atoms with Gasteiger partial charge in [0.2, 0.25) is 0 Å². The highest BCUT2D eigenvalue weighted by molar-refractivity contribution is 5.83. The van der Waals surface area contributed by atoms with Crippen LogP contribution in [0.3, 0.4) is 0 Å². The monoisotopic (exact) mass is 195 g/mol. The lowest BCUT2D eigenvalue weighted by atomic mass is 9.95. The van der Waals surface area contributed by atoms with E-state index in [1.165, 1.54) is 0 Å². The van der Waals surface area contributed by atoms with Crippen LogP contribution in [-0.2, 0) is 9.53 Å². The van der Waals surface area contributed by atoms with Crippen LogP contribution in [0.1, 0.15) is 39.0 Å². The molecule has 0 spiro atoms. The zero-order chi connectivity index (χ0) is 10.4. The van der Waals surface area contributed by atoms with Crippen molar-refractivity contribution >= 4 is 5.78 Å². The highest BCUT2D eigenvalue weighted by Gasteiger charge is 2.23. The Hall–Kier alpha value is -0.880. The van der Waals surface area contributed by atoms with E-state index in [0.717, 1.165) is 25.9 Å². The van der Waals surface area contributed by atoms with Crippen molar-refractivity contribution in [2.24, 2.45) is 5.92 Å². The molecule has 0 bridgehead atoms. The molecule has 0 radical (unpaired) electrons. The number of ketones is 1. The van der Waals surface area contributed by atoms with Crippen LogP contribution < -0.4 is 0 Å². The molecule has 0 aromatic heterocycles. The van der Waals surface area contributed by atoms with Crippen molar-refractivity contribution < 1.29 is 9.53 Å². The summed E-state index contributed by atoms with van der Waals surface area (Å²) in [4.78, 5) is 11.6. The highest BCUT2D eigenvalue weighted by Crippen LogP contribution is 2.19. The van der Waals surface area contributed by atoms with E-state index in [4.69, 9.17) is 10.00 Å². The molecular weight excluding hydrogens is 178 g/mol. The molecule has 1 saturated heterocycles. The molecule has 0 N–H and O–H groups in total. The number of nitriles is 1. The minimum absolute atomic E-state index is 0.0567. The van der Waals surface area contributed by atoms with Crippen LogP contribution in [0.25, 0.3) is 0 Å². The van der Waals surface area contributed by atoms with Gasteiger partial charge >= 0.3 is 0 Å². The van der Waals surface area contributed by atoms with Crippen LogP contribution in [0, 0.1) is 17.2 Å². The van der Waals surface area contributed by atoms with Gasteiger partial charge in [-0.2, -0.15) is 5.26 Å². The van der Waals surface area contributed by atoms with Gasteiger partial charge < -0.3 is 4.74 Å². The molecule has 1 aliphatic rings. The Kier molecular flexibility index (Phi) is 4.61. The summed E-state index contributed by atoms with van der Waals surface area (Å²) in [5.74, 6) is -0.356. The van der Waals surface area contributed by atoms with Crippen molar-refractivity contribution in [1.29, 1.82) is 5.26 Å². The Morgan fingerprint density at radius 1 is 1.71 bits per heavy atom. The molecule has 0 aliphatic carbocycles. The molecule has 1 aliphatic heterocycles. The molecule has 3 nitrogen and oxygen atoms in total. The van der Waals surface area contributed by atoms with Crippen molar-refractivity contribution in [3.8, 4) is 6.07 Å². The molecule has 14 heavy (non-hydrogen) atoms. The van der Waals surface area contributed by atoms with Gasteiger partial charge in [-0.15, -0.1) is 0 Å². The molecule has 78 valence electrons. The van der Waals surface area contributed by atoms with Gasteiger partial charge in [0.25, 0.3) is 0 Å². The second-order valence-electron chi connectivity index (χ2n) is 3.78. The Morgan fingerprint density at radius 3 is 3.00 bits per heavy atom. The van der Waals surface area contributed by atoms with Crippen molar-refractivity contribution in [3.63, 3.8) is 0 Å². The largest absolute Gasteiger partial charge is 0.378 e. The maximum atomic E-state index is 11.6. The van der Waals surface area contributed by atoms with Crippen LogP contribution in [0.15, 0.2) is 0 Å².